The number of thiophene rings is 2. The van der Waals surface area contributed by atoms with Crippen molar-refractivity contribution in [3.8, 4) is 83.6 Å². The van der Waals surface area contributed by atoms with Gasteiger partial charge in [0.15, 0.2) is 0 Å². The molecule has 23 aromatic rings. The van der Waals surface area contributed by atoms with Gasteiger partial charge in [0.05, 0.1) is 5.92 Å². The third kappa shape index (κ3) is 11.4. The molecule has 20 aromatic carbocycles. The third-order valence-electron chi connectivity index (χ3n) is 29.8. The van der Waals surface area contributed by atoms with E-state index in [0.29, 0.717) is 5.92 Å². The zero-order valence-corrected chi connectivity index (χ0v) is 73.7. The molecule has 5 aliphatic rings. The van der Waals surface area contributed by atoms with E-state index in [0.717, 1.165) is 62.1 Å². The average molecular weight is 1700 g/mol. The van der Waals surface area contributed by atoms with Crippen molar-refractivity contribution in [2.24, 2.45) is 11.8 Å². The van der Waals surface area contributed by atoms with Crippen LogP contribution < -0.4 is 15.4 Å². The lowest BCUT2D eigenvalue weighted by Crippen LogP contribution is -2.28. The Morgan fingerprint density at radius 1 is 0.313 bits per heavy atom. The number of hydrogen-bond donors (Lipinski definition) is 0. The fourth-order valence-corrected chi connectivity index (χ4v) is 26.2. The van der Waals surface area contributed by atoms with Crippen molar-refractivity contribution in [3.05, 3.63) is 433 Å². The fourth-order valence-electron chi connectivity index (χ4n) is 23.9. The second-order valence-electron chi connectivity index (χ2n) is 36.8. The largest absolute Gasteiger partial charge is 0.485 e. The molecule has 0 radical (unpaired) electrons. The molecule has 0 fully saturated rings. The van der Waals surface area contributed by atoms with Gasteiger partial charge >= 0.3 is 0 Å². The third-order valence-corrected chi connectivity index (χ3v) is 32.0. The minimum atomic E-state index is -0.00304. The first-order valence-electron chi connectivity index (χ1n) is 46.2. The van der Waals surface area contributed by atoms with Crippen LogP contribution in [-0.2, 0) is 0 Å². The van der Waals surface area contributed by atoms with Crippen LogP contribution in [-0.4, -0.2) is 6.10 Å². The Morgan fingerprint density at radius 2 is 0.740 bits per heavy atom. The first-order chi connectivity index (χ1) is 64.8. The van der Waals surface area contributed by atoms with Gasteiger partial charge in [0.1, 0.15) is 22.9 Å². The monoisotopic (exact) mass is 1700 g/mol. The van der Waals surface area contributed by atoms with E-state index in [4.69, 9.17) is 9.15 Å². The Morgan fingerprint density at radius 3 is 1.27 bits per heavy atom. The fraction of sp³-hybridized carbons (Fsp3) is 0.0709. The molecule has 0 N–H and O–H groups in total. The summed E-state index contributed by atoms with van der Waals surface area (Å²) in [6.45, 7) is 4.75. The predicted octanol–water partition coefficient (Wildman–Crippen LogP) is 34.4. The van der Waals surface area contributed by atoms with Crippen LogP contribution in [0.15, 0.2) is 410 Å². The van der Waals surface area contributed by atoms with Crippen molar-refractivity contribution < 1.29 is 9.15 Å². The molecule has 28 rings (SSSR count). The van der Waals surface area contributed by atoms with Crippen molar-refractivity contribution in [3.63, 3.8) is 0 Å². The lowest BCUT2D eigenvalue weighted by Gasteiger charge is -2.26. The number of fused-ring (bicyclic) bond motifs is 23. The minimum absolute atomic E-state index is 0.00304. The van der Waals surface area contributed by atoms with Crippen LogP contribution in [0, 0.1) is 11.8 Å². The predicted molar refractivity (Wildman–Crippen MR) is 561 cm³/mol. The molecule has 3 aromatic heterocycles. The lowest BCUT2D eigenvalue weighted by molar-refractivity contribution is 0.263. The Balaban J connectivity index is 0.505. The van der Waals surface area contributed by atoms with Gasteiger partial charge in [-0.15, -0.1) is 22.7 Å². The smallest absolute Gasteiger partial charge is 0.143 e. The molecule has 0 amide bonds. The van der Waals surface area contributed by atoms with Gasteiger partial charge < -0.3 is 9.15 Å². The minimum Gasteiger partial charge on any atom is -0.485 e. The first-order valence-corrected chi connectivity index (χ1v) is 47.8. The molecular formula is C127H82O2S2. The van der Waals surface area contributed by atoms with Crippen LogP contribution in [0.4, 0.5) is 0 Å². The second-order valence-corrected chi connectivity index (χ2v) is 39.0. The number of ether oxygens (including phenoxy) is 1. The van der Waals surface area contributed by atoms with Gasteiger partial charge in [-0.3, -0.25) is 0 Å². The first kappa shape index (κ1) is 74.8. The lowest BCUT2D eigenvalue weighted by atomic mass is 9.77. The summed E-state index contributed by atoms with van der Waals surface area (Å²) in [5.74, 6) is 1.81. The summed E-state index contributed by atoms with van der Waals surface area (Å²) in [7, 11) is 0. The molecule has 5 unspecified atom stereocenters. The van der Waals surface area contributed by atoms with Crippen molar-refractivity contribution in [1.29, 1.82) is 0 Å². The topological polar surface area (TPSA) is 22.4 Å². The van der Waals surface area contributed by atoms with Crippen molar-refractivity contribution >= 4 is 189 Å². The number of rotatable bonds is 9. The summed E-state index contributed by atoms with van der Waals surface area (Å²) in [6.07, 6.45) is 27.2. The van der Waals surface area contributed by atoms with E-state index in [-0.39, 0.29) is 23.9 Å². The van der Waals surface area contributed by atoms with E-state index in [1.54, 1.807) is 0 Å². The highest BCUT2D eigenvalue weighted by Crippen LogP contribution is 2.56. The van der Waals surface area contributed by atoms with Gasteiger partial charge in [-0.25, -0.2) is 0 Å². The van der Waals surface area contributed by atoms with Crippen molar-refractivity contribution in [2.45, 2.75) is 44.6 Å². The number of furan rings is 1. The Kier molecular flexibility index (Phi) is 16.6. The quantitative estimate of drug-likeness (QED) is 0.134. The van der Waals surface area contributed by atoms with E-state index >= 15 is 0 Å². The molecule has 4 aliphatic carbocycles. The molecule has 5 atom stereocenters. The maximum absolute atomic E-state index is 7.22. The highest BCUT2D eigenvalue weighted by Gasteiger charge is 2.39. The van der Waals surface area contributed by atoms with Gasteiger partial charge in [-0.05, 0) is 301 Å². The zero-order chi connectivity index (χ0) is 86.0. The van der Waals surface area contributed by atoms with Crippen molar-refractivity contribution in [1.82, 2.24) is 0 Å². The molecule has 0 spiro atoms. The summed E-state index contributed by atoms with van der Waals surface area (Å²) in [5, 5.41) is 29.9. The molecule has 1 aliphatic heterocycles. The molecule has 0 saturated heterocycles. The summed E-state index contributed by atoms with van der Waals surface area (Å²) >= 11 is 3.79. The molecule has 4 heterocycles. The van der Waals surface area contributed by atoms with Gasteiger partial charge in [0.25, 0.3) is 0 Å². The van der Waals surface area contributed by atoms with Crippen LogP contribution in [0.1, 0.15) is 55.2 Å². The van der Waals surface area contributed by atoms with Gasteiger partial charge in [-0.1, -0.05) is 342 Å². The van der Waals surface area contributed by atoms with Crippen molar-refractivity contribution in [2.75, 3.05) is 0 Å². The van der Waals surface area contributed by atoms with Gasteiger partial charge in [-0.2, -0.15) is 0 Å². The summed E-state index contributed by atoms with van der Waals surface area (Å²) in [6, 6.07) is 130. The Hall–Kier alpha value is -15.3. The zero-order valence-electron chi connectivity index (χ0n) is 72.1. The number of hydrogen-bond acceptors (Lipinski definition) is 4. The van der Waals surface area contributed by atoms with Gasteiger partial charge in [0.2, 0.25) is 0 Å². The van der Waals surface area contributed by atoms with E-state index < -0.39 is 0 Å². The molecular weight excluding hydrogens is 1620 g/mol. The van der Waals surface area contributed by atoms with Crippen LogP contribution in [0.3, 0.4) is 0 Å². The normalized spacial score (nSPS) is 17.0. The van der Waals surface area contributed by atoms with Gasteiger partial charge in [0, 0.05) is 67.8 Å². The van der Waals surface area contributed by atoms with E-state index in [2.05, 4.69) is 420 Å². The maximum atomic E-state index is 7.22. The SMILES string of the molecule is CC1CC=CC=C1c1c2ccccc2c(-c2ccc3sc4cc(-c5c6ccccc6c(C6C=c7c(oc8c7ccc7ccc(-c9cccc(-c%10c%11ccccc%11c(-c%11ccc%12sc%13cc(-c%14c%15ccccc%15c(-c%15ccc%16c(c%15)C%15C%17=C(C=CC=CC%17)C=CC%15O%16)c%15ccccc%14%15)ccc%13c%12c%11)c%11ccccc%10%11)c9)cc78)=CC6C)c6ccccc56)ccc4c3c2)c2ccccc12. The second kappa shape index (κ2) is 29.1. The molecule has 0 saturated carbocycles. The molecule has 0 bridgehead atoms. The highest BCUT2D eigenvalue weighted by molar-refractivity contribution is 7.26. The highest BCUT2D eigenvalue weighted by atomic mass is 32.1. The van der Waals surface area contributed by atoms with E-state index in [9.17, 15) is 0 Å². The summed E-state index contributed by atoms with van der Waals surface area (Å²) in [4.78, 5) is 0. The van der Waals surface area contributed by atoms with Crippen LogP contribution in [0.25, 0.3) is 244 Å². The van der Waals surface area contributed by atoms with Crippen LogP contribution >= 0.6 is 22.7 Å². The number of benzene rings is 20. The standard InChI is InChI=1S/C127H82O2S2/c1-72-25-6-7-29-84(72)124-100-43-20-16-39-96(100)121(97-40-17-21-44-101(97)124)81-55-62-115-109(67-81)87-57-51-83(70-117(87)131-115)123-98-41-18-22-45-102(98)125(103-46-23-19-42-99(103)123)105-71-107-104-58-49-75-47-48-77(65-106(75)127(104)129-113(107)63-73(105)2)76-27-24-28-78(64-76)118-88-31-8-10-33-90(88)120(91-34-11-9-32-89(91)118)80-54-61-114-108(66-80)86-56-50-82(69-116(86)130-114)122-94-37-14-12-35-92(94)119(93-36-13-15-38-95(93)122)79-53-59-111-110(68-79)126-85-30-5-3-4-26-74(85)52-60-112(126)128-111/h3-24,26-29,31-73,105,112,126H,25,30H2,1-2H3. The summed E-state index contributed by atoms with van der Waals surface area (Å²) in [5.41, 5.74) is 27.2. The van der Waals surface area contributed by atoms with E-state index in [1.165, 1.54) is 227 Å². The number of allylic oxidation sites excluding steroid dienone is 10. The maximum Gasteiger partial charge on any atom is 0.143 e. The van der Waals surface area contributed by atoms with Crippen LogP contribution in [0.2, 0.25) is 0 Å². The summed E-state index contributed by atoms with van der Waals surface area (Å²) < 4.78 is 19.1. The molecule has 2 nitrogen and oxygen atoms in total. The van der Waals surface area contributed by atoms with E-state index in [1.807, 2.05) is 22.7 Å². The Labute approximate surface area is 764 Å². The molecule has 614 valence electrons. The molecule has 4 heteroatoms. The Bertz CT molecular complexity index is 9180. The average Bonchev–Trinajstić information content (AvgIpc) is 1.70. The van der Waals surface area contributed by atoms with Crippen LogP contribution in [0.5, 0.6) is 5.75 Å². The molecule has 131 heavy (non-hydrogen) atoms.